The Morgan fingerprint density at radius 2 is 1.79 bits per heavy atom. The molecule has 0 saturated heterocycles. The molecule has 3 aromatic rings. The van der Waals surface area contributed by atoms with Crippen LogP contribution in [0.4, 0.5) is 15.8 Å². The van der Waals surface area contributed by atoms with Crippen LogP contribution in [0, 0.1) is 5.82 Å². The van der Waals surface area contributed by atoms with Gasteiger partial charge in [0, 0.05) is 36.3 Å². The van der Waals surface area contributed by atoms with Crippen LogP contribution in [-0.4, -0.2) is 25.1 Å². The second-order valence-electron chi connectivity index (χ2n) is 5.93. The highest BCUT2D eigenvalue weighted by Gasteiger charge is 2.11. The Labute approximate surface area is 162 Å². The first kappa shape index (κ1) is 19.2. The molecule has 1 amide bonds. The first-order valence-electron chi connectivity index (χ1n) is 8.56. The Hall–Kier alpha value is -3.61. The van der Waals surface area contributed by atoms with Gasteiger partial charge in [0.15, 0.2) is 11.5 Å². The van der Waals surface area contributed by atoms with Crippen LogP contribution in [0.25, 0.3) is 0 Å². The summed E-state index contributed by atoms with van der Waals surface area (Å²) in [6, 6.07) is 13.3. The van der Waals surface area contributed by atoms with Crippen molar-refractivity contribution in [1.82, 2.24) is 4.98 Å². The molecule has 3 rings (SSSR count). The van der Waals surface area contributed by atoms with Gasteiger partial charge in [-0.1, -0.05) is 18.2 Å². The molecule has 0 aliphatic carbocycles. The monoisotopic (exact) mass is 381 g/mol. The molecule has 6 nitrogen and oxygen atoms in total. The summed E-state index contributed by atoms with van der Waals surface area (Å²) < 4.78 is 24.1. The number of nitrogens with one attached hydrogen (secondary N) is 2. The standard InChI is InChI=1S/C21H20FN3O3/c1-27-19-8-7-16(10-20(19)28-2)25-21(26)15-9-17(13-23-11-15)24-12-14-5-3-4-6-18(14)22/h3-11,13,24H,12H2,1-2H3,(H,25,26). The SMILES string of the molecule is COc1ccc(NC(=O)c2cncc(NCc3ccccc3F)c2)cc1OC. The van der Waals surface area contributed by atoms with E-state index in [1.807, 2.05) is 0 Å². The smallest absolute Gasteiger partial charge is 0.257 e. The summed E-state index contributed by atoms with van der Waals surface area (Å²) in [7, 11) is 3.07. The minimum absolute atomic E-state index is 0.287. The van der Waals surface area contributed by atoms with Gasteiger partial charge in [-0.05, 0) is 24.3 Å². The average Bonchev–Trinajstić information content (AvgIpc) is 2.73. The van der Waals surface area contributed by atoms with Gasteiger partial charge in [0.1, 0.15) is 5.82 Å². The summed E-state index contributed by atoms with van der Waals surface area (Å²) in [6.45, 7) is 0.287. The first-order chi connectivity index (χ1) is 13.6. The Balaban J connectivity index is 1.69. The van der Waals surface area contributed by atoms with Crippen molar-refractivity contribution < 1.29 is 18.7 Å². The molecule has 2 N–H and O–H groups in total. The van der Waals surface area contributed by atoms with Crippen molar-refractivity contribution >= 4 is 17.3 Å². The van der Waals surface area contributed by atoms with Crippen molar-refractivity contribution in [3.05, 3.63) is 77.9 Å². The molecule has 0 aliphatic rings. The van der Waals surface area contributed by atoms with E-state index in [1.165, 1.54) is 19.4 Å². The van der Waals surface area contributed by atoms with Crippen LogP contribution in [-0.2, 0) is 6.54 Å². The van der Waals surface area contributed by atoms with Crippen molar-refractivity contribution in [2.75, 3.05) is 24.9 Å². The molecule has 7 heteroatoms. The minimum atomic E-state index is -0.325. The van der Waals surface area contributed by atoms with E-state index in [0.29, 0.717) is 34.0 Å². The second kappa shape index (κ2) is 8.85. The number of nitrogens with zero attached hydrogens (tertiary/aromatic N) is 1. The fourth-order valence-electron chi connectivity index (χ4n) is 2.62. The fraction of sp³-hybridized carbons (Fsp3) is 0.143. The van der Waals surface area contributed by atoms with E-state index in [9.17, 15) is 9.18 Å². The van der Waals surface area contributed by atoms with Crippen LogP contribution in [0.2, 0.25) is 0 Å². The Kier molecular flexibility index (Phi) is 6.06. The van der Waals surface area contributed by atoms with Gasteiger partial charge in [0.25, 0.3) is 5.91 Å². The summed E-state index contributed by atoms with van der Waals surface area (Å²) in [5.41, 5.74) is 2.08. The summed E-state index contributed by atoms with van der Waals surface area (Å²) in [5, 5.41) is 5.87. The van der Waals surface area contributed by atoms with Crippen LogP contribution in [0.1, 0.15) is 15.9 Å². The highest BCUT2D eigenvalue weighted by atomic mass is 19.1. The molecular formula is C21H20FN3O3. The lowest BCUT2D eigenvalue weighted by atomic mass is 10.2. The van der Waals surface area contributed by atoms with Crippen LogP contribution >= 0.6 is 0 Å². The van der Waals surface area contributed by atoms with Crippen molar-refractivity contribution in [2.45, 2.75) is 6.54 Å². The normalized spacial score (nSPS) is 10.2. The quantitative estimate of drug-likeness (QED) is 0.645. The number of rotatable bonds is 7. The molecule has 1 aromatic heterocycles. The third kappa shape index (κ3) is 4.56. The zero-order valence-corrected chi connectivity index (χ0v) is 15.5. The number of amides is 1. The maximum Gasteiger partial charge on any atom is 0.257 e. The van der Waals surface area contributed by atoms with E-state index in [2.05, 4.69) is 15.6 Å². The maximum atomic E-state index is 13.7. The van der Waals surface area contributed by atoms with Gasteiger partial charge in [-0.2, -0.15) is 0 Å². The molecule has 2 aromatic carbocycles. The number of hydrogen-bond donors (Lipinski definition) is 2. The average molecular weight is 381 g/mol. The number of methoxy groups -OCH3 is 2. The second-order valence-corrected chi connectivity index (χ2v) is 5.93. The number of halogens is 1. The lowest BCUT2D eigenvalue weighted by molar-refractivity contribution is 0.102. The third-order valence-electron chi connectivity index (χ3n) is 4.08. The van der Waals surface area contributed by atoms with Crippen molar-refractivity contribution in [3.8, 4) is 11.5 Å². The Bertz CT molecular complexity index is 979. The zero-order chi connectivity index (χ0) is 19.9. The van der Waals surface area contributed by atoms with E-state index in [-0.39, 0.29) is 18.3 Å². The van der Waals surface area contributed by atoms with Crippen LogP contribution in [0.5, 0.6) is 11.5 Å². The maximum absolute atomic E-state index is 13.7. The number of carbonyl (C=O) groups excluding carboxylic acids is 1. The van der Waals surface area contributed by atoms with E-state index < -0.39 is 0 Å². The molecule has 0 bridgehead atoms. The number of pyridine rings is 1. The van der Waals surface area contributed by atoms with Crippen LogP contribution in [0.15, 0.2) is 60.9 Å². The lowest BCUT2D eigenvalue weighted by Gasteiger charge is -2.11. The van der Waals surface area contributed by atoms with Crippen molar-refractivity contribution in [2.24, 2.45) is 0 Å². The van der Waals surface area contributed by atoms with E-state index in [0.717, 1.165) is 0 Å². The molecule has 0 spiro atoms. The molecular weight excluding hydrogens is 361 g/mol. The van der Waals surface area contributed by atoms with Crippen LogP contribution < -0.4 is 20.1 Å². The molecule has 0 atom stereocenters. The number of ether oxygens (including phenoxy) is 2. The summed E-state index contributed by atoms with van der Waals surface area (Å²) in [6.07, 6.45) is 3.04. The molecule has 0 aliphatic heterocycles. The number of hydrogen-bond acceptors (Lipinski definition) is 5. The largest absolute Gasteiger partial charge is 0.493 e. The zero-order valence-electron chi connectivity index (χ0n) is 15.5. The van der Waals surface area contributed by atoms with Gasteiger partial charge < -0.3 is 20.1 Å². The lowest BCUT2D eigenvalue weighted by Crippen LogP contribution is -2.13. The van der Waals surface area contributed by atoms with Gasteiger partial charge >= 0.3 is 0 Å². The molecule has 0 radical (unpaired) electrons. The van der Waals surface area contributed by atoms with E-state index in [1.54, 1.807) is 55.8 Å². The molecule has 0 unspecified atom stereocenters. The predicted molar refractivity (Wildman–Crippen MR) is 105 cm³/mol. The topological polar surface area (TPSA) is 72.5 Å². The first-order valence-corrected chi connectivity index (χ1v) is 8.56. The third-order valence-corrected chi connectivity index (χ3v) is 4.08. The van der Waals surface area contributed by atoms with Crippen LogP contribution in [0.3, 0.4) is 0 Å². The minimum Gasteiger partial charge on any atom is -0.493 e. The summed E-state index contributed by atoms with van der Waals surface area (Å²) >= 11 is 0. The summed E-state index contributed by atoms with van der Waals surface area (Å²) in [5.74, 6) is 0.472. The molecule has 1 heterocycles. The fourth-order valence-corrected chi connectivity index (χ4v) is 2.62. The number of benzene rings is 2. The highest BCUT2D eigenvalue weighted by molar-refractivity contribution is 6.04. The van der Waals surface area contributed by atoms with Gasteiger partial charge in [-0.15, -0.1) is 0 Å². The predicted octanol–water partition coefficient (Wildman–Crippen LogP) is 4.10. The van der Waals surface area contributed by atoms with E-state index >= 15 is 0 Å². The van der Waals surface area contributed by atoms with Gasteiger partial charge in [0.2, 0.25) is 0 Å². The molecule has 0 saturated carbocycles. The van der Waals surface area contributed by atoms with Crippen molar-refractivity contribution in [3.63, 3.8) is 0 Å². The molecule has 28 heavy (non-hydrogen) atoms. The Morgan fingerprint density at radius 1 is 1.00 bits per heavy atom. The number of carbonyl (C=O) groups is 1. The van der Waals surface area contributed by atoms with E-state index in [4.69, 9.17) is 9.47 Å². The highest BCUT2D eigenvalue weighted by Crippen LogP contribution is 2.30. The molecule has 144 valence electrons. The van der Waals surface area contributed by atoms with Gasteiger partial charge in [-0.3, -0.25) is 9.78 Å². The Morgan fingerprint density at radius 3 is 2.54 bits per heavy atom. The molecule has 0 fully saturated rings. The summed E-state index contributed by atoms with van der Waals surface area (Å²) in [4.78, 5) is 16.6. The number of aromatic nitrogens is 1. The number of anilines is 2. The van der Waals surface area contributed by atoms with Gasteiger partial charge in [0.05, 0.1) is 25.5 Å². The van der Waals surface area contributed by atoms with Gasteiger partial charge in [-0.25, -0.2) is 4.39 Å². The van der Waals surface area contributed by atoms with Crippen molar-refractivity contribution in [1.29, 1.82) is 0 Å².